The second-order valence-corrected chi connectivity index (χ2v) is 7.03. The van der Waals surface area contributed by atoms with Crippen LogP contribution in [-0.4, -0.2) is 20.9 Å². The van der Waals surface area contributed by atoms with Crippen LogP contribution in [0, 0.1) is 5.82 Å². The molecule has 1 aliphatic rings. The van der Waals surface area contributed by atoms with Gasteiger partial charge in [0.05, 0.1) is 5.69 Å². The quantitative estimate of drug-likeness (QED) is 0.816. The van der Waals surface area contributed by atoms with Gasteiger partial charge >= 0.3 is 0 Å². The van der Waals surface area contributed by atoms with E-state index >= 15 is 0 Å². The maximum Gasteiger partial charge on any atom is 0.299 e. The standard InChI is InChI=1S/C17H16FN3O3S/c18-15-4-2-1-3-12(15)6-8-17(22)20-14-7-5-13-9-10-21(16(13)11-14)25(19,23)24/h1-8,11H,9-10H2,(H,20,22)(H2,19,23,24). The number of nitrogens with one attached hydrogen (secondary N) is 1. The molecular weight excluding hydrogens is 345 g/mol. The Morgan fingerprint density at radius 3 is 2.72 bits per heavy atom. The molecule has 2 aromatic rings. The summed E-state index contributed by atoms with van der Waals surface area (Å²) in [4.78, 5) is 12.0. The van der Waals surface area contributed by atoms with E-state index in [0.29, 0.717) is 23.4 Å². The van der Waals surface area contributed by atoms with Crippen molar-refractivity contribution in [3.05, 3.63) is 65.5 Å². The molecule has 0 aromatic heterocycles. The number of fused-ring (bicyclic) bond motifs is 1. The molecule has 8 heteroatoms. The van der Waals surface area contributed by atoms with E-state index in [2.05, 4.69) is 5.32 Å². The molecule has 0 saturated carbocycles. The monoisotopic (exact) mass is 361 g/mol. The number of carbonyl (C=O) groups is 1. The summed E-state index contributed by atoms with van der Waals surface area (Å²) in [5.41, 5.74) is 2.02. The number of nitrogens with two attached hydrogens (primary N) is 1. The first kappa shape index (κ1) is 17.1. The van der Waals surface area contributed by atoms with E-state index in [0.717, 1.165) is 9.87 Å². The number of hydrogen-bond donors (Lipinski definition) is 2. The Hall–Kier alpha value is -2.71. The summed E-state index contributed by atoms with van der Waals surface area (Å²) in [6.07, 6.45) is 3.14. The van der Waals surface area contributed by atoms with E-state index in [1.807, 2.05) is 0 Å². The fourth-order valence-electron chi connectivity index (χ4n) is 2.65. The third-order valence-corrected chi connectivity index (χ3v) is 4.83. The van der Waals surface area contributed by atoms with Crippen molar-refractivity contribution in [2.45, 2.75) is 6.42 Å². The number of amides is 1. The SMILES string of the molecule is NS(=O)(=O)N1CCc2ccc(NC(=O)C=Cc3ccccc3F)cc21. The highest BCUT2D eigenvalue weighted by Crippen LogP contribution is 2.32. The third kappa shape index (κ3) is 3.86. The second-order valence-electron chi connectivity index (χ2n) is 5.55. The van der Waals surface area contributed by atoms with Gasteiger partial charge in [-0.1, -0.05) is 24.3 Å². The molecule has 0 bridgehead atoms. The van der Waals surface area contributed by atoms with Crippen LogP contribution in [0.25, 0.3) is 6.08 Å². The van der Waals surface area contributed by atoms with E-state index in [9.17, 15) is 17.6 Å². The van der Waals surface area contributed by atoms with Crippen LogP contribution in [0.5, 0.6) is 0 Å². The third-order valence-electron chi connectivity index (χ3n) is 3.83. The van der Waals surface area contributed by atoms with Crippen molar-refractivity contribution in [2.24, 2.45) is 5.14 Å². The van der Waals surface area contributed by atoms with Crippen LogP contribution >= 0.6 is 0 Å². The maximum atomic E-state index is 13.5. The van der Waals surface area contributed by atoms with Gasteiger partial charge in [-0.05, 0) is 36.3 Å². The van der Waals surface area contributed by atoms with Gasteiger partial charge in [-0.2, -0.15) is 8.42 Å². The Bertz CT molecular complexity index is 957. The summed E-state index contributed by atoms with van der Waals surface area (Å²) in [5, 5.41) is 7.82. The molecule has 1 heterocycles. The molecule has 1 amide bonds. The number of carbonyl (C=O) groups excluding carboxylic acids is 1. The van der Waals surface area contributed by atoms with Crippen LogP contribution in [0.4, 0.5) is 15.8 Å². The molecule has 130 valence electrons. The number of halogens is 1. The Balaban J connectivity index is 1.76. The number of rotatable bonds is 4. The van der Waals surface area contributed by atoms with Crippen molar-refractivity contribution in [1.29, 1.82) is 0 Å². The minimum Gasteiger partial charge on any atom is -0.322 e. The summed E-state index contributed by atoms with van der Waals surface area (Å²) in [6.45, 7) is 0.277. The van der Waals surface area contributed by atoms with Crippen molar-refractivity contribution in [2.75, 3.05) is 16.2 Å². The first-order valence-electron chi connectivity index (χ1n) is 7.51. The molecule has 0 atom stereocenters. The van der Waals surface area contributed by atoms with Crippen molar-refractivity contribution in [3.63, 3.8) is 0 Å². The highest BCUT2D eigenvalue weighted by molar-refractivity contribution is 7.90. The predicted molar refractivity (Wildman–Crippen MR) is 94.7 cm³/mol. The van der Waals surface area contributed by atoms with Crippen LogP contribution in [0.1, 0.15) is 11.1 Å². The molecule has 3 N–H and O–H groups in total. The van der Waals surface area contributed by atoms with Crippen molar-refractivity contribution < 1.29 is 17.6 Å². The van der Waals surface area contributed by atoms with Crippen LogP contribution in [0.2, 0.25) is 0 Å². The van der Waals surface area contributed by atoms with Crippen LogP contribution in [-0.2, 0) is 21.4 Å². The molecule has 0 radical (unpaired) electrons. The van der Waals surface area contributed by atoms with Gasteiger partial charge in [0.15, 0.2) is 0 Å². The van der Waals surface area contributed by atoms with Crippen molar-refractivity contribution in [1.82, 2.24) is 0 Å². The summed E-state index contributed by atoms with van der Waals surface area (Å²) in [6, 6.07) is 11.1. The Morgan fingerprint density at radius 1 is 1.24 bits per heavy atom. The number of hydrogen-bond acceptors (Lipinski definition) is 3. The average molecular weight is 361 g/mol. The first-order valence-corrected chi connectivity index (χ1v) is 9.02. The molecule has 0 spiro atoms. The summed E-state index contributed by atoms with van der Waals surface area (Å²) < 4.78 is 37.8. The van der Waals surface area contributed by atoms with Crippen LogP contribution < -0.4 is 14.8 Å². The molecule has 0 unspecified atom stereocenters. The van der Waals surface area contributed by atoms with E-state index in [1.165, 1.54) is 18.2 Å². The van der Waals surface area contributed by atoms with Crippen molar-refractivity contribution >= 4 is 33.6 Å². The maximum absolute atomic E-state index is 13.5. The molecule has 1 aliphatic heterocycles. The van der Waals surface area contributed by atoms with Gasteiger partial charge in [-0.25, -0.2) is 9.53 Å². The molecule has 0 aliphatic carbocycles. The van der Waals surface area contributed by atoms with E-state index in [1.54, 1.807) is 36.4 Å². The van der Waals surface area contributed by atoms with Gasteiger partial charge in [0.25, 0.3) is 10.2 Å². The van der Waals surface area contributed by atoms with Crippen molar-refractivity contribution in [3.8, 4) is 0 Å². The Labute approximate surface area is 144 Å². The fraction of sp³-hybridized carbons (Fsp3) is 0.118. The minimum atomic E-state index is -3.85. The number of nitrogens with zero attached hydrogens (tertiary/aromatic N) is 1. The summed E-state index contributed by atoms with van der Waals surface area (Å²) >= 11 is 0. The minimum absolute atomic E-state index is 0.277. The van der Waals surface area contributed by atoms with Gasteiger partial charge < -0.3 is 5.32 Å². The lowest BCUT2D eigenvalue weighted by Gasteiger charge is -2.16. The second kappa shape index (κ2) is 6.66. The lowest BCUT2D eigenvalue weighted by Crippen LogP contribution is -2.35. The topological polar surface area (TPSA) is 92.5 Å². The van der Waals surface area contributed by atoms with Gasteiger partial charge in [0.1, 0.15) is 5.82 Å². The fourth-order valence-corrected chi connectivity index (χ4v) is 3.44. The molecular formula is C17H16FN3O3S. The molecule has 2 aromatic carbocycles. The summed E-state index contributed by atoms with van der Waals surface area (Å²) in [7, 11) is -3.85. The van der Waals surface area contributed by atoms with Crippen LogP contribution in [0.15, 0.2) is 48.5 Å². The van der Waals surface area contributed by atoms with E-state index < -0.39 is 21.9 Å². The van der Waals surface area contributed by atoms with Gasteiger partial charge in [-0.3, -0.25) is 9.10 Å². The highest BCUT2D eigenvalue weighted by atomic mass is 32.2. The molecule has 0 saturated heterocycles. The Morgan fingerprint density at radius 2 is 2.00 bits per heavy atom. The zero-order valence-electron chi connectivity index (χ0n) is 13.1. The molecule has 0 fully saturated rings. The van der Waals surface area contributed by atoms with E-state index in [-0.39, 0.29) is 6.54 Å². The molecule has 25 heavy (non-hydrogen) atoms. The van der Waals surface area contributed by atoms with Crippen LogP contribution in [0.3, 0.4) is 0 Å². The molecule has 6 nitrogen and oxygen atoms in total. The zero-order valence-corrected chi connectivity index (χ0v) is 14.0. The smallest absolute Gasteiger partial charge is 0.299 e. The highest BCUT2D eigenvalue weighted by Gasteiger charge is 2.26. The van der Waals surface area contributed by atoms with Gasteiger partial charge in [-0.15, -0.1) is 0 Å². The Kier molecular flexibility index (Phi) is 4.56. The average Bonchev–Trinajstić information content (AvgIpc) is 2.97. The lowest BCUT2D eigenvalue weighted by molar-refractivity contribution is -0.111. The predicted octanol–water partition coefficient (Wildman–Crippen LogP) is 2.04. The van der Waals surface area contributed by atoms with E-state index in [4.69, 9.17) is 5.14 Å². The normalized spacial score (nSPS) is 13.9. The van der Waals surface area contributed by atoms with Gasteiger partial charge in [0.2, 0.25) is 5.91 Å². The first-order chi connectivity index (χ1) is 11.8. The molecule has 3 rings (SSSR count). The van der Waals surface area contributed by atoms with Gasteiger partial charge in [0, 0.05) is 23.9 Å². The lowest BCUT2D eigenvalue weighted by atomic mass is 10.1. The zero-order chi connectivity index (χ0) is 18.0. The number of anilines is 2. The number of benzene rings is 2. The summed E-state index contributed by atoms with van der Waals surface area (Å²) in [5.74, 6) is -0.878. The largest absolute Gasteiger partial charge is 0.322 e.